The summed E-state index contributed by atoms with van der Waals surface area (Å²) in [5.74, 6) is -2.05. The lowest BCUT2D eigenvalue weighted by Gasteiger charge is -2.40. The van der Waals surface area contributed by atoms with Gasteiger partial charge in [-0.15, -0.1) is 0 Å². The van der Waals surface area contributed by atoms with Crippen LogP contribution in [0.5, 0.6) is 0 Å². The fourth-order valence-electron chi connectivity index (χ4n) is 2.76. The van der Waals surface area contributed by atoms with Crippen molar-refractivity contribution in [3.63, 3.8) is 0 Å². The zero-order valence-electron chi connectivity index (χ0n) is 10.6. The average Bonchev–Trinajstić information content (AvgIpc) is 2.28. The number of carboxylic acids is 1. The highest BCUT2D eigenvalue weighted by Gasteiger charge is 2.47. The van der Waals surface area contributed by atoms with Gasteiger partial charge in [-0.05, 0) is 17.0 Å². The van der Waals surface area contributed by atoms with E-state index in [0.29, 0.717) is 12.2 Å². The predicted molar refractivity (Wildman–Crippen MR) is 66.0 cm³/mol. The van der Waals surface area contributed by atoms with Gasteiger partial charge in [0.25, 0.3) is 0 Å². The summed E-state index contributed by atoms with van der Waals surface area (Å²) in [4.78, 5) is 11.4. The molecule has 2 N–H and O–H groups in total. The standard InChI is InChI=1S/C14H18O4/c1-9(2)12(13(15)16)14(17)8-18-7-10-5-3-4-6-11(10)14/h3-6,9,12,17H,7-8H2,1-2H3,(H,15,16). The molecule has 1 aliphatic rings. The van der Waals surface area contributed by atoms with Gasteiger partial charge in [0.1, 0.15) is 5.60 Å². The van der Waals surface area contributed by atoms with Crippen LogP contribution in [0, 0.1) is 11.8 Å². The molecule has 0 spiro atoms. The molecule has 2 atom stereocenters. The summed E-state index contributed by atoms with van der Waals surface area (Å²) in [5.41, 5.74) is 0.0879. The maximum absolute atomic E-state index is 11.4. The number of aliphatic hydroxyl groups is 1. The van der Waals surface area contributed by atoms with E-state index >= 15 is 0 Å². The van der Waals surface area contributed by atoms with Crippen LogP contribution in [-0.2, 0) is 21.7 Å². The molecular weight excluding hydrogens is 232 g/mol. The van der Waals surface area contributed by atoms with Crippen LogP contribution < -0.4 is 0 Å². The van der Waals surface area contributed by atoms with Gasteiger partial charge in [-0.25, -0.2) is 0 Å². The summed E-state index contributed by atoms with van der Waals surface area (Å²) < 4.78 is 5.38. The van der Waals surface area contributed by atoms with Crippen molar-refractivity contribution in [1.29, 1.82) is 0 Å². The molecule has 1 aliphatic heterocycles. The summed E-state index contributed by atoms with van der Waals surface area (Å²) in [6, 6.07) is 7.32. The molecule has 0 fully saturated rings. The molecule has 2 unspecified atom stereocenters. The Labute approximate surface area is 106 Å². The first-order valence-electron chi connectivity index (χ1n) is 6.08. The van der Waals surface area contributed by atoms with Gasteiger partial charge in [-0.3, -0.25) is 4.79 Å². The van der Waals surface area contributed by atoms with Crippen molar-refractivity contribution in [2.24, 2.45) is 11.8 Å². The third-order valence-electron chi connectivity index (χ3n) is 3.51. The molecule has 2 rings (SSSR count). The second-order valence-electron chi connectivity index (χ2n) is 5.13. The maximum Gasteiger partial charge on any atom is 0.310 e. The number of aliphatic carboxylic acids is 1. The minimum absolute atomic E-state index is 0.0269. The topological polar surface area (TPSA) is 66.8 Å². The molecule has 4 nitrogen and oxygen atoms in total. The van der Waals surface area contributed by atoms with Gasteiger partial charge in [0.05, 0.1) is 19.1 Å². The highest BCUT2D eigenvalue weighted by Crippen LogP contribution is 2.39. The third-order valence-corrected chi connectivity index (χ3v) is 3.51. The Hall–Kier alpha value is -1.39. The molecule has 98 valence electrons. The fourth-order valence-corrected chi connectivity index (χ4v) is 2.76. The quantitative estimate of drug-likeness (QED) is 0.857. The highest BCUT2D eigenvalue weighted by atomic mass is 16.5. The predicted octanol–water partition coefficient (Wildman–Crippen LogP) is 1.76. The Morgan fingerprint density at radius 1 is 1.39 bits per heavy atom. The molecule has 1 heterocycles. The van der Waals surface area contributed by atoms with E-state index < -0.39 is 17.5 Å². The number of benzene rings is 1. The largest absolute Gasteiger partial charge is 0.481 e. The number of rotatable bonds is 3. The van der Waals surface area contributed by atoms with E-state index in [9.17, 15) is 15.0 Å². The number of ether oxygens (including phenoxy) is 1. The summed E-state index contributed by atoms with van der Waals surface area (Å²) >= 11 is 0. The lowest BCUT2D eigenvalue weighted by atomic mass is 9.73. The van der Waals surface area contributed by atoms with Crippen LogP contribution in [0.15, 0.2) is 24.3 Å². The summed E-state index contributed by atoms with van der Waals surface area (Å²) in [5, 5.41) is 20.2. The van der Waals surface area contributed by atoms with Crippen LogP contribution in [0.3, 0.4) is 0 Å². The van der Waals surface area contributed by atoms with Gasteiger partial charge in [0.15, 0.2) is 0 Å². The van der Waals surface area contributed by atoms with Crippen molar-refractivity contribution in [3.8, 4) is 0 Å². The second-order valence-corrected chi connectivity index (χ2v) is 5.13. The Bertz CT molecular complexity index is 455. The number of fused-ring (bicyclic) bond motifs is 1. The van der Waals surface area contributed by atoms with E-state index in [1.807, 2.05) is 18.2 Å². The molecule has 0 radical (unpaired) electrons. The molecule has 0 saturated heterocycles. The molecule has 0 bridgehead atoms. The Morgan fingerprint density at radius 2 is 2.06 bits per heavy atom. The van der Waals surface area contributed by atoms with Crippen LogP contribution in [0.2, 0.25) is 0 Å². The Morgan fingerprint density at radius 3 is 2.67 bits per heavy atom. The lowest BCUT2D eigenvalue weighted by Crippen LogP contribution is -2.48. The second kappa shape index (κ2) is 4.71. The fraction of sp³-hybridized carbons (Fsp3) is 0.500. The molecular formula is C14H18O4. The monoisotopic (exact) mass is 250 g/mol. The first-order chi connectivity index (χ1) is 8.47. The van der Waals surface area contributed by atoms with Crippen LogP contribution in [0.1, 0.15) is 25.0 Å². The van der Waals surface area contributed by atoms with Gasteiger partial charge < -0.3 is 14.9 Å². The van der Waals surface area contributed by atoms with Gasteiger partial charge in [-0.1, -0.05) is 38.1 Å². The smallest absolute Gasteiger partial charge is 0.310 e. The molecule has 0 amide bonds. The summed E-state index contributed by atoms with van der Waals surface area (Å²) in [7, 11) is 0. The molecule has 18 heavy (non-hydrogen) atoms. The average molecular weight is 250 g/mol. The van der Waals surface area contributed by atoms with Crippen LogP contribution >= 0.6 is 0 Å². The van der Waals surface area contributed by atoms with Gasteiger partial charge in [0.2, 0.25) is 0 Å². The highest BCUT2D eigenvalue weighted by molar-refractivity contribution is 5.72. The molecule has 1 aromatic carbocycles. The van der Waals surface area contributed by atoms with Gasteiger partial charge in [-0.2, -0.15) is 0 Å². The number of hydrogen-bond acceptors (Lipinski definition) is 3. The third kappa shape index (κ3) is 2.02. The SMILES string of the molecule is CC(C)C(C(=O)O)C1(O)COCc2ccccc21. The van der Waals surface area contributed by atoms with E-state index in [-0.39, 0.29) is 12.5 Å². The number of hydrogen-bond donors (Lipinski definition) is 2. The summed E-state index contributed by atoms with van der Waals surface area (Å²) in [6.45, 7) is 4.05. The Balaban J connectivity index is 2.51. The first-order valence-corrected chi connectivity index (χ1v) is 6.08. The molecule has 4 heteroatoms. The zero-order valence-corrected chi connectivity index (χ0v) is 10.6. The molecule has 0 saturated carbocycles. The van der Waals surface area contributed by atoms with E-state index in [1.54, 1.807) is 19.9 Å². The van der Waals surface area contributed by atoms with Gasteiger partial charge >= 0.3 is 5.97 Å². The zero-order chi connectivity index (χ0) is 13.3. The molecule has 0 aliphatic carbocycles. The summed E-state index contributed by atoms with van der Waals surface area (Å²) in [6.07, 6.45) is 0. The van der Waals surface area contributed by atoms with Crippen LogP contribution in [-0.4, -0.2) is 22.8 Å². The van der Waals surface area contributed by atoms with E-state index in [0.717, 1.165) is 5.56 Å². The normalized spacial score (nSPS) is 24.7. The first kappa shape index (κ1) is 13.1. The van der Waals surface area contributed by atoms with E-state index in [1.165, 1.54) is 0 Å². The van der Waals surface area contributed by atoms with Crippen molar-refractivity contribution in [3.05, 3.63) is 35.4 Å². The van der Waals surface area contributed by atoms with Crippen LogP contribution in [0.4, 0.5) is 0 Å². The number of carboxylic acid groups (broad SMARTS) is 1. The van der Waals surface area contributed by atoms with Crippen molar-refractivity contribution in [2.75, 3.05) is 6.61 Å². The lowest BCUT2D eigenvalue weighted by molar-refractivity contribution is -0.168. The maximum atomic E-state index is 11.4. The van der Waals surface area contributed by atoms with E-state index in [4.69, 9.17) is 4.74 Å². The van der Waals surface area contributed by atoms with Crippen molar-refractivity contribution < 1.29 is 19.7 Å². The van der Waals surface area contributed by atoms with Crippen LogP contribution in [0.25, 0.3) is 0 Å². The Kier molecular flexibility index (Phi) is 3.41. The molecule has 0 aromatic heterocycles. The minimum atomic E-state index is -1.45. The molecule has 1 aromatic rings. The van der Waals surface area contributed by atoms with Crippen molar-refractivity contribution in [2.45, 2.75) is 26.1 Å². The van der Waals surface area contributed by atoms with Crippen molar-refractivity contribution >= 4 is 5.97 Å². The van der Waals surface area contributed by atoms with E-state index in [2.05, 4.69) is 0 Å². The number of carbonyl (C=O) groups is 1. The minimum Gasteiger partial charge on any atom is -0.481 e. The van der Waals surface area contributed by atoms with Crippen molar-refractivity contribution in [1.82, 2.24) is 0 Å². The van der Waals surface area contributed by atoms with Gasteiger partial charge in [0, 0.05) is 0 Å².